The smallest absolute Gasteiger partial charge is 0.123 e. The van der Waals surface area contributed by atoms with Crippen LogP contribution in [0.25, 0.3) is 11.1 Å². The van der Waals surface area contributed by atoms with Crippen LogP contribution in [0.1, 0.15) is 34.7 Å². The molecule has 0 saturated heterocycles. The molecule has 7 heteroatoms. The van der Waals surface area contributed by atoms with Gasteiger partial charge in [-0.3, -0.25) is 4.98 Å². The molecule has 0 unspecified atom stereocenters. The van der Waals surface area contributed by atoms with Crippen LogP contribution in [0.4, 0.5) is 0 Å². The van der Waals surface area contributed by atoms with E-state index in [1.54, 1.807) is 81.2 Å². The molecule has 4 aromatic rings. The Hall–Kier alpha value is -3.81. The molecule has 2 aromatic heterocycles. The third kappa shape index (κ3) is 4.44. The topological polar surface area (TPSA) is 97.6 Å². The largest absolute Gasteiger partial charge is 0.497 e. The minimum atomic E-state index is -1.01. The number of rotatable bonds is 7. The number of benzene rings is 2. The van der Waals surface area contributed by atoms with Gasteiger partial charge in [-0.1, -0.05) is 24.3 Å². The maximum absolute atomic E-state index is 11.1. The quantitative estimate of drug-likeness (QED) is 0.462. The van der Waals surface area contributed by atoms with E-state index in [1.807, 2.05) is 12.1 Å². The minimum Gasteiger partial charge on any atom is -0.497 e. The molecule has 162 valence electrons. The number of aliphatic hydroxyl groups is 2. The lowest BCUT2D eigenvalue weighted by Crippen LogP contribution is -2.11. The van der Waals surface area contributed by atoms with Gasteiger partial charge in [-0.05, 0) is 59.2 Å². The van der Waals surface area contributed by atoms with E-state index >= 15 is 0 Å². The number of methoxy groups -OCH3 is 2. The van der Waals surface area contributed by atoms with Crippen LogP contribution in [0.3, 0.4) is 0 Å². The molecule has 0 radical (unpaired) electrons. The molecule has 7 nitrogen and oxygen atoms in total. The standard InChI is InChI=1S/C25H23N3O4/c1-31-19-7-3-17(4-8-19)24(29)22-15-21(16-11-13-26-14-12-16)23(28-27-22)25(30)18-5-9-20(32-2)10-6-18/h3-15,24-25,29-30H,1-2H3/t24-,25+/m1/s1. The highest BCUT2D eigenvalue weighted by atomic mass is 16.5. The summed E-state index contributed by atoms with van der Waals surface area (Å²) >= 11 is 0. The Balaban J connectivity index is 1.75. The Morgan fingerprint density at radius 3 is 1.75 bits per heavy atom. The van der Waals surface area contributed by atoms with Gasteiger partial charge in [0.05, 0.1) is 19.9 Å². The van der Waals surface area contributed by atoms with Gasteiger partial charge in [-0.2, -0.15) is 10.2 Å². The molecule has 0 fully saturated rings. The lowest BCUT2D eigenvalue weighted by Gasteiger charge is -2.18. The average molecular weight is 429 g/mol. The number of hydrogen-bond donors (Lipinski definition) is 2. The van der Waals surface area contributed by atoms with Crippen LogP contribution in [0.2, 0.25) is 0 Å². The molecule has 2 heterocycles. The van der Waals surface area contributed by atoms with E-state index in [9.17, 15) is 10.2 Å². The van der Waals surface area contributed by atoms with Crippen LogP contribution >= 0.6 is 0 Å². The fourth-order valence-electron chi connectivity index (χ4n) is 3.42. The summed E-state index contributed by atoms with van der Waals surface area (Å²) in [4.78, 5) is 4.07. The lowest BCUT2D eigenvalue weighted by atomic mass is 9.96. The second-order valence-corrected chi connectivity index (χ2v) is 7.16. The highest BCUT2D eigenvalue weighted by Gasteiger charge is 2.22. The van der Waals surface area contributed by atoms with Crippen LogP contribution in [0.5, 0.6) is 11.5 Å². The molecule has 2 N–H and O–H groups in total. The fraction of sp³-hybridized carbons (Fsp3) is 0.160. The Morgan fingerprint density at radius 2 is 1.22 bits per heavy atom. The Bertz CT molecular complexity index is 1170. The van der Waals surface area contributed by atoms with Crippen molar-refractivity contribution in [2.24, 2.45) is 0 Å². The van der Waals surface area contributed by atoms with E-state index in [2.05, 4.69) is 15.2 Å². The van der Waals surface area contributed by atoms with Gasteiger partial charge >= 0.3 is 0 Å². The summed E-state index contributed by atoms with van der Waals surface area (Å²) in [6.07, 6.45) is 1.34. The van der Waals surface area contributed by atoms with Crippen LogP contribution in [0, 0.1) is 0 Å². The zero-order valence-corrected chi connectivity index (χ0v) is 17.7. The number of aliphatic hydroxyl groups excluding tert-OH is 2. The maximum atomic E-state index is 11.1. The van der Waals surface area contributed by atoms with Crippen molar-refractivity contribution in [1.82, 2.24) is 15.2 Å². The lowest BCUT2D eigenvalue weighted by molar-refractivity contribution is 0.206. The maximum Gasteiger partial charge on any atom is 0.123 e. The summed E-state index contributed by atoms with van der Waals surface area (Å²) < 4.78 is 10.4. The van der Waals surface area contributed by atoms with Gasteiger partial charge in [0.2, 0.25) is 0 Å². The Kier molecular flexibility index (Phi) is 6.39. The van der Waals surface area contributed by atoms with Gasteiger partial charge in [-0.25, -0.2) is 0 Å². The number of nitrogens with zero attached hydrogens (tertiary/aromatic N) is 3. The number of ether oxygens (including phenoxy) is 2. The van der Waals surface area contributed by atoms with Crippen LogP contribution in [-0.2, 0) is 0 Å². The second-order valence-electron chi connectivity index (χ2n) is 7.16. The van der Waals surface area contributed by atoms with Crippen LogP contribution in [-0.4, -0.2) is 39.6 Å². The third-order valence-electron chi connectivity index (χ3n) is 5.23. The SMILES string of the molecule is COc1ccc([C@@H](O)c2cc(-c3ccncc3)c([C@@H](O)c3ccc(OC)cc3)nn2)cc1. The molecule has 2 atom stereocenters. The summed E-state index contributed by atoms with van der Waals surface area (Å²) in [5.41, 5.74) is 3.52. The van der Waals surface area contributed by atoms with Crippen molar-refractivity contribution in [3.8, 4) is 22.6 Å². The summed E-state index contributed by atoms with van der Waals surface area (Å²) in [6, 6.07) is 19.6. The first-order valence-corrected chi connectivity index (χ1v) is 10.0. The van der Waals surface area contributed by atoms with Crippen molar-refractivity contribution in [3.63, 3.8) is 0 Å². The number of hydrogen-bond acceptors (Lipinski definition) is 7. The van der Waals surface area contributed by atoms with E-state index in [1.165, 1.54) is 0 Å². The van der Waals surface area contributed by atoms with Gasteiger partial charge in [0, 0.05) is 18.0 Å². The first-order valence-electron chi connectivity index (χ1n) is 10.0. The fourth-order valence-corrected chi connectivity index (χ4v) is 3.42. The van der Waals surface area contributed by atoms with Crippen molar-refractivity contribution in [3.05, 3.63) is 102 Å². The van der Waals surface area contributed by atoms with Crippen molar-refractivity contribution in [2.45, 2.75) is 12.2 Å². The average Bonchev–Trinajstić information content (AvgIpc) is 2.88. The second kappa shape index (κ2) is 9.55. The Morgan fingerprint density at radius 1 is 0.688 bits per heavy atom. The highest BCUT2D eigenvalue weighted by Crippen LogP contribution is 2.33. The van der Waals surface area contributed by atoms with Crippen molar-refractivity contribution < 1.29 is 19.7 Å². The monoisotopic (exact) mass is 429 g/mol. The van der Waals surface area contributed by atoms with Gasteiger partial charge in [0.15, 0.2) is 0 Å². The van der Waals surface area contributed by atoms with Crippen LogP contribution in [0.15, 0.2) is 79.1 Å². The van der Waals surface area contributed by atoms with Gasteiger partial charge < -0.3 is 19.7 Å². The number of aromatic nitrogens is 3. The predicted molar refractivity (Wildman–Crippen MR) is 119 cm³/mol. The molecule has 2 aromatic carbocycles. The molecule has 32 heavy (non-hydrogen) atoms. The first kappa shape index (κ1) is 21.4. The molecule has 0 amide bonds. The van der Waals surface area contributed by atoms with Crippen molar-refractivity contribution >= 4 is 0 Å². The Labute approximate surface area is 186 Å². The summed E-state index contributed by atoms with van der Waals surface area (Å²) in [6.45, 7) is 0. The molecular formula is C25H23N3O4. The molecule has 0 aliphatic carbocycles. The van der Waals surface area contributed by atoms with Gasteiger partial charge in [0.1, 0.15) is 29.4 Å². The molecule has 0 aliphatic heterocycles. The van der Waals surface area contributed by atoms with Crippen molar-refractivity contribution in [2.75, 3.05) is 14.2 Å². The zero-order chi connectivity index (χ0) is 22.5. The van der Waals surface area contributed by atoms with E-state index in [4.69, 9.17) is 9.47 Å². The molecule has 0 aliphatic rings. The van der Waals surface area contributed by atoms with E-state index in [-0.39, 0.29) is 0 Å². The van der Waals surface area contributed by atoms with Gasteiger partial charge in [0.25, 0.3) is 0 Å². The molecular weight excluding hydrogens is 406 g/mol. The van der Waals surface area contributed by atoms with Crippen molar-refractivity contribution in [1.29, 1.82) is 0 Å². The molecule has 0 saturated carbocycles. The third-order valence-corrected chi connectivity index (χ3v) is 5.23. The predicted octanol–water partition coefficient (Wildman–Crippen LogP) is 3.72. The molecule has 0 spiro atoms. The van der Waals surface area contributed by atoms with E-state index in [0.717, 1.165) is 5.56 Å². The molecule has 4 rings (SSSR count). The van der Waals surface area contributed by atoms with E-state index in [0.29, 0.717) is 39.6 Å². The summed E-state index contributed by atoms with van der Waals surface area (Å²) in [5, 5.41) is 30.5. The normalized spacial score (nSPS) is 12.8. The zero-order valence-electron chi connectivity index (χ0n) is 17.7. The molecule has 0 bridgehead atoms. The summed E-state index contributed by atoms with van der Waals surface area (Å²) in [7, 11) is 3.18. The van der Waals surface area contributed by atoms with E-state index < -0.39 is 12.2 Å². The van der Waals surface area contributed by atoms with Gasteiger partial charge in [-0.15, -0.1) is 0 Å². The van der Waals surface area contributed by atoms with Crippen LogP contribution < -0.4 is 9.47 Å². The number of pyridine rings is 1. The summed E-state index contributed by atoms with van der Waals surface area (Å²) in [5.74, 6) is 1.39. The first-order chi connectivity index (χ1) is 15.6. The highest BCUT2D eigenvalue weighted by molar-refractivity contribution is 5.67. The minimum absolute atomic E-state index is 0.368.